The summed E-state index contributed by atoms with van der Waals surface area (Å²) in [6.07, 6.45) is 10.5. The van der Waals surface area contributed by atoms with Crippen molar-refractivity contribution in [2.24, 2.45) is 5.92 Å². The van der Waals surface area contributed by atoms with Crippen LogP contribution >= 0.6 is 0 Å². The summed E-state index contributed by atoms with van der Waals surface area (Å²) in [6.45, 7) is 7.14. The van der Waals surface area contributed by atoms with E-state index in [1.807, 2.05) is 12.1 Å². The Bertz CT molecular complexity index is 1290. The minimum Gasteiger partial charge on any atom is -0.494 e. The lowest BCUT2D eigenvalue weighted by molar-refractivity contribution is -0.132. The average Bonchev–Trinajstić information content (AvgIpc) is 3.56. The number of benzene rings is 3. The molecule has 234 valence electrons. The molecule has 44 heavy (non-hydrogen) atoms. The first-order valence-corrected chi connectivity index (χ1v) is 16.1. The van der Waals surface area contributed by atoms with Gasteiger partial charge in [-0.2, -0.15) is 0 Å². The number of rotatable bonds is 13. The van der Waals surface area contributed by atoms with Crippen molar-refractivity contribution in [1.29, 1.82) is 0 Å². The molecule has 2 saturated heterocycles. The number of nitrogens with zero attached hydrogens (tertiary/aromatic N) is 3. The lowest BCUT2D eigenvalue weighted by atomic mass is 9.91. The molecule has 5 nitrogen and oxygen atoms in total. The summed E-state index contributed by atoms with van der Waals surface area (Å²) in [4.78, 5) is 20.1. The van der Waals surface area contributed by atoms with E-state index in [1.165, 1.54) is 50.2 Å². The molecule has 2 heterocycles. The zero-order chi connectivity index (χ0) is 30.7. The van der Waals surface area contributed by atoms with E-state index in [9.17, 15) is 13.6 Å². The zero-order valence-corrected chi connectivity index (χ0v) is 25.8. The molecule has 5 rings (SSSR count). The third-order valence-electron chi connectivity index (χ3n) is 8.96. The Morgan fingerprint density at radius 3 is 2.05 bits per heavy atom. The quantitative estimate of drug-likeness (QED) is 0.194. The van der Waals surface area contributed by atoms with Crippen LogP contribution in [0.3, 0.4) is 0 Å². The number of halogens is 2. The largest absolute Gasteiger partial charge is 0.494 e. The monoisotopic (exact) mass is 601 g/mol. The molecule has 0 N–H and O–H groups in total. The Kier molecular flexibility index (Phi) is 11.6. The molecular formula is C37H45F2N3O2. The van der Waals surface area contributed by atoms with Gasteiger partial charge in [-0.15, -0.1) is 0 Å². The molecule has 2 fully saturated rings. The molecule has 1 amide bonds. The van der Waals surface area contributed by atoms with E-state index in [-0.39, 0.29) is 17.5 Å². The highest BCUT2D eigenvalue weighted by Gasteiger charge is 2.27. The van der Waals surface area contributed by atoms with E-state index in [2.05, 4.69) is 34.1 Å². The Labute approximate surface area is 261 Å². The molecule has 3 aromatic rings. The summed E-state index contributed by atoms with van der Waals surface area (Å²) in [5.41, 5.74) is 2.76. The minimum atomic E-state index is -0.408. The molecule has 0 radical (unpaired) electrons. The molecule has 0 unspecified atom stereocenters. The summed E-state index contributed by atoms with van der Waals surface area (Å²) in [5.74, 6) is 0.621. The molecule has 0 bridgehead atoms. The van der Waals surface area contributed by atoms with E-state index in [1.54, 1.807) is 36.2 Å². The third kappa shape index (κ3) is 9.23. The highest BCUT2D eigenvalue weighted by Crippen LogP contribution is 2.30. The summed E-state index contributed by atoms with van der Waals surface area (Å²) in [7, 11) is 1.79. The number of piperidine rings is 1. The summed E-state index contributed by atoms with van der Waals surface area (Å²) >= 11 is 0. The topological polar surface area (TPSA) is 36.0 Å². The van der Waals surface area contributed by atoms with Gasteiger partial charge in [0, 0.05) is 26.6 Å². The second kappa shape index (κ2) is 16.0. The van der Waals surface area contributed by atoms with Gasteiger partial charge in [0.25, 0.3) is 0 Å². The van der Waals surface area contributed by atoms with Crippen molar-refractivity contribution in [3.63, 3.8) is 0 Å². The van der Waals surface area contributed by atoms with Gasteiger partial charge in [-0.25, -0.2) is 8.78 Å². The van der Waals surface area contributed by atoms with Gasteiger partial charge >= 0.3 is 0 Å². The molecule has 0 spiro atoms. The summed E-state index contributed by atoms with van der Waals surface area (Å²) in [6, 6.07) is 20.3. The van der Waals surface area contributed by atoms with Crippen LogP contribution in [-0.4, -0.2) is 73.5 Å². The maximum Gasteiger partial charge on any atom is 0.223 e. The summed E-state index contributed by atoms with van der Waals surface area (Å²) in [5, 5.41) is 0. The van der Waals surface area contributed by atoms with E-state index in [4.69, 9.17) is 4.74 Å². The normalized spacial score (nSPS) is 16.6. The predicted molar refractivity (Wildman–Crippen MR) is 172 cm³/mol. The molecule has 0 saturated carbocycles. The first kappa shape index (κ1) is 31.9. The van der Waals surface area contributed by atoms with Gasteiger partial charge in [0.15, 0.2) is 0 Å². The predicted octanol–water partition coefficient (Wildman–Crippen LogP) is 7.19. The Balaban J connectivity index is 1.05. The van der Waals surface area contributed by atoms with E-state index < -0.39 is 6.04 Å². The molecule has 2 aliphatic heterocycles. The van der Waals surface area contributed by atoms with Crippen molar-refractivity contribution < 1.29 is 18.3 Å². The molecule has 2 aliphatic rings. The Morgan fingerprint density at radius 1 is 0.864 bits per heavy atom. The van der Waals surface area contributed by atoms with E-state index in [0.29, 0.717) is 12.3 Å². The SMILES string of the molecule is CN(C(=O)CC1CCN(C/C=C/c2ccc(OCCCN3CCCC3)cc2)CC1)C(c1ccc(F)cc1)c1ccc(F)cc1. The van der Waals surface area contributed by atoms with E-state index in [0.717, 1.165) is 74.5 Å². The number of carbonyl (C=O) groups is 1. The first-order valence-electron chi connectivity index (χ1n) is 16.1. The van der Waals surface area contributed by atoms with Crippen LogP contribution in [0.5, 0.6) is 5.75 Å². The lowest BCUT2D eigenvalue weighted by Crippen LogP contribution is -2.37. The van der Waals surface area contributed by atoms with Crippen LogP contribution in [0.15, 0.2) is 78.9 Å². The molecular weight excluding hydrogens is 556 g/mol. The fourth-order valence-electron chi connectivity index (χ4n) is 6.34. The number of carbonyl (C=O) groups excluding carboxylic acids is 1. The van der Waals surface area contributed by atoms with Crippen molar-refractivity contribution in [1.82, 2.24) is 14.7 Å². The fraction of sp³-hybridized carbons (Fsp3) is 0.432. The van der Waals surface area contributed by atoms with Crippen LogP contribution < -0.4 is 4.74 Å². The maximum absolute atomic E-state index is 13.6. The molecule has 0 aromatic heterocycles. The lowest BCUT2D eigenvalue weighted by Gasteiger charge is -2.34. The number of hydrogen-bond acceptors (Lipinski definition) is 4. The number of hydrogen-bond donors (Lipinski definition) is 0. The van der Waals surface area contributed by atoms with Crippen molar-refractivity contribution in [2.45, 2.75) is 44.6 Å². The smallest absolute Gasteiger partial charge is 0.223 e. The Hall–Kier alpha value is -3.55. The van der Waals surface area contributed by atoms with Crippen LogP contribution in [0, 0.1) is 17.6 Å². The molecule has 3 aromatic carbocycles. The second-order valence-corrected chi connectivity index (χ2v) is 12.2. The van der Waals surface area contributed by atoms with Gasteiger partial charge < -0.3 is 14.5 Å². The van der Waals surface area contributed by atoms with Gasteiger partial charge in [0.2, 0.25) is 5.91 Å². The number of likely N-dealkylation sites (tertiary alicyclic amines) is 2. The average molecular weight is 602 g/mol. The van der Waals surface area contributed by atoms with Gasteiger partial charge in [-0.1, -0.05) is 48.6 Å². The van der Waals surface area contributed by atoms with Crippen molar-refractivity contribution in [3.8, 4) is 5.75 Å². The van der Waals surface area contributed by atoms with Gasteiger partial charge in [-0.05, 0) is 117 Å². The van der Waals surface area contributed by atoms with Crippen LogP contribution in [0.2, 0.25) is 0 Å². The zero-order valence-electron chi connectivity index (χ0n) is 25.8. The van der Waals surface area contributed by atoms with E-state index >= 15 is 0 Å². The fourth-order valence-corrected chi connectivity index (χ4v) is 6.34. The van der Waals surface area contributed by atoms with Crippen LogP contribution in [0.25, 0.3) is 6.08 Å². The van der Waals surface area contributed by atoms with Gasteiger partial charge in [-0.3, -0.25) is 9.69 Å². The molecule has 0 atom stereocenters. The van der Waals surface area contributed by atoms with Crippen molar-refractivity contribution >= 4 is 12.0 Å². The van der Waals surface area contributed by atoms with Crippen molar-refractivity contribution in [2.75, 3.05) is 52.9 Å². The highest BCUT2D eigenvalue weighted by atomic mass is 19.1. The number of amides is 1. The third-order valence-corrected chi connectivity index (χ3v) is 8.96. The number of ether oxygens (including phenoxy) is 1. The highest BCUT2D eigenvalue weighted by molar-refractivity contribution is 5.77. The van der Waals surface area contributed by atoms with Crippen LogP contribution in [-0.2, 0) is 4.79 Å². The first-order chi connectivity index (χ1) is 21.4. The van der Waals surface area contributed by atoms with Crippen LogP contribution in [0.4, 0.5) is 8.78 Å². The van der Waals surface area contributed by atoms with Gasteiger partial charge in [0.05, 0.1) is 12.6 Å². The second-order valence-electron chi connectivity index (χ2n) is 12.2. The standard InChI is InChI=1S/C37H45F2N3O2/c1-40(37(31-9-13-33(38)14-10-31)32-11-15-34(39)16-12-32)36(43)28-30-19-25-42(26-20-30)23-4-6-29-7-17-35(18-8-29)44-27-5-24-41-21-2-3-22-41/h4,6-18,30,37H,2-3,5,19-28H2,1H3/b6-4+. The van der Waals surface area contributed by atoms with Crippen LogP contribution in [0.1, 0.15) is 61.3 Å². The molecule has 0 aliphatic carbocycles. The minimum absolute atomic E-state index is 0.0426. The molecule has 7 heteroatoms. The Morgan fingerprint density at radius 2 is 1.45 bits per heavy atom. The summed E-state index contributed by atoms with van der Waals surface area (Å²) < 4.78 is 33.2. The van der Waals surface area contributed by atoms with Gasteiger partial charge in [0.1, 0.15) is 17.4 Å². The van der Waals surface area contributed by atoms with Crippen molar-refractivity contribution in [3.05, 3.63) is 107 Å². The maximum atomic E-state index is 13.6.